The van der Waals surface area contributed by atoms with Gasteiger partial charge < -0.3 is 15.2 Å². The number of urea groups is 1. The lowest BCUT2D eigenvalue weighted by Crippen LogP contribution is -2.45. The molecule has 1 unspecified atom stereocenters. The van der Waals surface area contributed by atoms with Crippen LogP contribution in [0.15, 0.2) is 84.9 Å². The highest BCUT2D eigenvalue weighted by molar-refractivity contribution is 6.09. The van der Waals surface area contributed by atoms with E-state index in [-0.39, 0.29) is 12.3 Å². The molecule has 0 radical (unpaired) electrons. The Bertz CT molecular complexity index is 1050. The van der Waals surface area contributed by atoms with Gasteiger partial charge in [-0.3, -0.25) is 9.69 Å². The minimum absolute atomic E-state index is 0.0573. The first-order valence-corrected chi connectivity index (χ1v) is 9.90. The summed E-state index contributed by atoms with van der Waals surface area (Å²) < 4.78 is 29.0. The zero-order chi connectivity index (χ0) is 22.7. The van der Waals surface area contributed by atoms with E-state index in [1.165, 1.54) is 24.3 Å². The van der Waals surface area contributed by atoms with Crippen molar-refractivity contribution in [3.8, 4) is 5.75 Å². The van der Waals surface area contributed by atoms with Crippen molar-refractivity contribution in [1.29, 1.82) is 0 Å². The molecular formula is C24H20F2N2O4. The summed E-state index contributed by atoms with van der Waals surface area (Å²) in [6, 6.07) is 22.5. The Morgan fingerprint density at radius 2 is 1.41 bits per heavy atom. The van der Waals surface area contributed by atoms with Crippen LogP contribution in [0.2, 0.25) is 0 Å². The molecule has 0 saturated carbocycles. The first kappa shape index (κ1) is 21.5. The zero-order valence-corrected chi connectivity index (χ0v) is 16.8. The predicted octanol–water partition coefficient (Wildman–Crippen LogP) is 3.82. The topological polar surface area (TPSA) is 78.9 Å². The van der Waals surface area contributed by atoms with Gasteiger partial charge in [-0.1, -0.05) is 72.8 Å². The van der Waals surface area contributed by atoms with Gasteiger partial charge in [0.25, 0.3) is 5.91 Å². The number of nitrogens with one attached hydrogen (secondary N) is 1. The molecule has 0 bridgehead atoms. The molecule has 1 fully saturated rings. The van der Waals surface area contributed by atoms with Gasteiger partial charge >= 0.3 is 12.6 Å². The average molecular weight is 438 g/mol. The molecule has 1 saturated heterocycles. The van der Waals surface area contributed by atoms with Crippen LogP contribution in [0.5, 0.6) is 5.75 Å². The molecule has 1 heterocycles. The van der Waals surface area contributed by atoms with Crippen LogP contribution in [0.25, 0.3) is 0 Å². The van der Waals surface area contributed by atoms with E-state index in [0.29, 0.717) is 16.7 Å². The van der Waals surface area contributed by atoms with Crippen LogP contribution in [0, 0.1) is 0 Å². The number of rotatable bonds is 7. The van der Waals surface area contributed by atoms with Crippen molar-refractivity contribution in [2.24, 2.45) is 0 Å². The van der Waals surface area contributed by atoms with Crippen LogP contribution in [0.4, 0.5) is 13.6 Å². The molecule has 1 aliphatic heterocycles. The van der Waals surface area contributed by atoms with Gasteiger partial charge in [-0.05, 0) is 28.8 Å². The number of hydrogen-bond donors (Lipinski definition) is 2. The third kappa shape index (κ3) is 3.92. The zero-order valence-electron chi connectivity index (χ0n) is 16.8. The monoisotopic (exact) mass is 438 g/mol. The maximum absolute atomic E-state index is 13.6. The third-order valence-corrected chi connectivity index (χ3v) is 5.36. The summed E-state index contributed by atoms with van der Waals surface area (Å²) >= 11 is 0. The summed E-state index contributed by atoms with van der Waals surface area (Å²) in [7, 11) is 0. The van der Waals surface area contributed by atoms with Gasteiger partial charge in [-0.15, -0.1) is 0 Å². The Labute approximate surface area is 183 Å². The highest BCUT2D eigenvalue weighted by atomic mass is 19.3. The van der Waals surface area contributed by atoms with Crippen molar-refractivity contribution < 1.29 is 28.2 Å². The molecule has 3 aromatic carbocycles. The van der Waals surface area contributed by atoms with Crippen molar-refractivity contribution in [3.05, 3.63) is 102 Å². The molecule has 0 aliphatic carbocycles. The minimum atomic E-state index is -2.96. The highest BCUT2D eigenvalue weighted by Gasteiger charge is 2.53. The molecule has 6 nitrogen and oxygen atoms in total. The molecule has 4 rings (SSSR count). The van der Waals surface area contributed by atoms with E-state index in [4.69, 9.17) is 0 Å². The van der Waals surface area contributed by atoms with Crippen LogP contribution in [0.3, 0.4) is 0 Å². The summed E-state index contributed by atoms with van der Waals surface area (Å²) in [5.41, 5.74) is 0.114. The summed E-state index contributed by atoms with van der Waals surface area (Å²) in [5, 5.41) is 13.4. The number of carbonyl (C=O) groups excluding carboxylic acids is 2. The molecule has 1 aliphatic rings. The molecule has 3 amide bonds. The standard InChI is InChI=1S/C24H20F2N2O4/c25-22(26)32-19-13-11-16(12-14-19)20(29)15-28-21(30)24(27-23(28)31,17-7-3-1-4-8-17)18-9-5-2-6-10-18/h1-14,20,22,29H,15H2,(H,27,31). The van der Waals surface area contributed by atoms with Crippen molar-refractivity contribution in [3.63, 3.8) is 0 Å². The number of benzene rings is 3. The minimum Gasteiger partial charge on any atom is -0.435 e. The maximum Gasteiger partial charge on any atom is 0.387 e. The van der Waals surface area contributed by atoms with E-state index >= 15 is 0 Å². The largest absolute Gasteiger partial charge is 0.435 e. The molecule has 1 atom stereocenters. The van der Waals surface area contributed by atoms with E-state index in [1.807, 2.05) is 12.1 Å². The number of ether oxygens (including phenoxy) is 1. The lowest BCUT2D eigenvalue weighted by atomic mass is 9.82. The Hall–Kier alpha value is -3.78. The first-order chi connectivity index (χ1) is 15.4. The average Bonchev–Trinajstić information content (AvgIpc) is 3.06. The van der Waals surface area contributed by atoms with Gasteiger partial charge in [0.15, 0.2) is 5.54 Å². The number of halogens is 2. The molecule has 0 aromatic heterocycles. The van der Waals surface area contributed by atoms with Crippen LogP contribution in [-0.2, 0) is 10.3 Å². The summed E-state index contributed by atoms with van der Waals surface area (Å²) in [5.74, 6) is -0.574. The number of nitrogens with zero attached hydrogens (tertiary/aromatic N) is 1. The van der Waals surface area contributed by atoms with E-state index in [2.05, 4.69) is 10.1 Å². The Morgan fingerprint density at radius 3 is 1.91 bits per heavy atom. The van der Waals surface area contributed by atoms with Crippen molar-refractivity contribution in [1.82, 2.24) is 10.2 Å². The second-order valence-corrected chi connectivity index (χ2v) is 7.29. The van der Waals surface area contributed by atoms with Gasteiger partial charge in [0.2, 0.25) is 0 Å². The summed E-state index contributed by atoms with van der Waals surface area (Å²) in [4.78, 5) is 27.4. The number of alkyl halides is 2. The second-order valence-electron chi connectivity index (χ2n) is 7.29. The second kappa shape index (κ2) is 8.76. The van der Waals surface area contributed by atoms with E-state index < -0.39 is 30.2 Å². The number of β-amino-alcohol motifs (C(OH)–C–C–N with tert-alkyl or cyclic N) is 1. The van der Waals surface area contributed by atoms with Gasteiger partial charge in [0.05, 0.1) is 12.6 Å². The third-order valence-electron chi connectivity index (χ3n) is 5.36. The lowest BCUT2D eigenvalue weighted by molar-refractivity contribution is -0.131. The van der Waals surface area contributed by atoms with Crippen LogP contribution < -0.4 is 10.1 Å². The molecular weight excluding hydrogens is 418 g/mol. The van der Waals surface area contributed by atoms with E-state index in [9.17, 15) is 23.5 Å². The molecule has 3 aromatic rings. The van der Waals surface area contributed by atoms with Crippen molar-refractivity contribution in [2.45, 2.75) is 18.3 Å². The normalized spacial score (nSPS) is 16.2. The molecule has 32 heavy (non-hydrogen) atoms. The number of imide groups is 1. The number of hydrogen-bond acceptors (Lipinski definition) is 4. The molecule has 2 N–H and O–H groups in total. The smallest absolute Gasteiger partial charge is 0.387 e. The fourth-order valence-electron chi connectivity index (χ4n) is 3.83. The predicted molar refractivity (Wildman–Crippen MR) is 112 cm³/mol. The first-order valence-electron chi connectivity index (χ1n) is 9.90. The van der Waals surface area contributed by atoms with Gasteiger partial charge in [-0.2, -0.15) is 8.78 Å². The number of carbonyl (C=O) groups is 2. The quantitative estimate of drug-likeness (QED) is 0.550. The Morgan fingerprint density at radius 1 is 0.875 bits per heavy atom. The van der Waals surface area contributed by atoms with E-state index in [0.717, 1.165) is 4.90 Å². The maximum atomic E-state index is 13.6. The number of aliphatic hydroxyl groups excluding tert-OH is 1. The van der Waals surface area contributed by atoms with Gasteiger partial charge in [0.1, 0.15) is 5.75 Å². The molecule has 164 valence electrons. The van der Waals surface area contributed by atoms with Crippen LogP contribution >= 0.6 is 0 Å². The lowest BCUT2D eigenvalue weighted by Gasteiger charge is -2.28. The van der Waals surface area contributed by atoms with Gasteiger partial charge in [-0.25, -0.2) is 4.79 Å². The van der Waals surface area contributed by atoms with E-state index in [1.54, 1.807) is 48.5 Å². The van der Waals surface area contributed by atoms with Crippen LogP contribution in [-0.4, -0.2) is 35.1 Å². The number of amides is 3. The Balaban J connectivity index is 1.62. The fraction of sp³-hybridized carbons (Fsp3) is 0.167. The van der Waals surface area contributed by atoms with Crippen molar-refractivity contribution >= 4 is 11.9 Å². The SMILES string of the molecule is O=C1NC(c2ccccc2)(c2ccccc2)C(=O)N1CC(O)c1ccc(OC(F)F)cc1. The molecule has 0 spiro atoms. The fourth-order valence-corrected chi connectivity index (χ4v) is 3.83. The van der Waals surface area contributed by atoms with Crippen molar-refractivity contribution in [2.75, 3.05) is 6.54 Å². The summed E-state index contributed by atoms with van der Waals surface area (Å²) in [6.07, 6.45) is -1.22. The summed E-state index contributed by atoms with van der Waals surface area (Å²) in [6.45, 7) is -3.26. The highest BCUT2D eigenvalue weighted by Crippen LogP contribution is 2.36. The Kier molecular flexibility index (Phi) is 5.87. The van der Waals surface area contributed by atoms with Gasteiger partial charge in [0, 0.05) is 0 Å². The van der Waals surface area contributed by atoms with Crippen LogP contribution in [0.1, 0.15) is 22.8 Å². The molecule has 8 heteroatoms. The number of aliphatic hydroxyl groups is 1.